The standard InChI is InChI=1S/C58H86O16/c1-39(45(67-41(3)59)40(2)38-42-30-24-22-25-31-42)35-36-56-46(69-55(13,14)65-15)47(68-44(60)34-28-20-18-16-17-19-21-29-37-66-43-32-26-23-27-33-43)58(74-56,51(63)73-54(10,11)12)57(64,50(62)72-53(7,8)9)48(70-56)49(61)71-52(4,5)6/h22-27,30-33,40,45-48,64H,1,16-21,28-29,34-38H2,2-15H3/t40?,45?,46-,47-,48-,56-,57-,58-/m1/s1. The summed E-state index contributed by atoms with van der Waals surface area (Å²) in [5.41, 5.74) is -9.20. The van der Waals surface area contributed by atoms with Gasteiger partial charge in [0.25, 0.3) is 5.60 Å². The van der Waals surface area contributed by atoms with E-state index in [-0.39, 0.29) is 25.2 Å². The van der Waals surface area contributed by atoms with Gasteiger partial charge in [0.15, 0.2) is 18.0 Å². The van der Waals surface area contributed by atoms with Gasteiger partial charge in [0.1, 0.15) is 28.7 Å². The third-order valence-corrected chi connectivity index (χ3v) is 12.6. The molecule has 2 bridgehead atoms. The van der Waals surface area contributed by atoms with E-state index in [0.29, 0.717) is 31.4 Å². The van der Waals surface area contributed by atoms with Crippen molar-refractivity contribution in [3.8, 4) is 5.75 Å². The van der Waals surface area contributed by atoms with Crippen molar-refractivity contribution in [2.45, 2.75) is 231 Å². The molecule has 4 rings (SSSR count). The third kappa shape index (κ3) is 16.8. The van der Waals surface area contributed by atoms with Gasteiger partial charge >= 0.3 is 29.8 Å². The first kappa shape index (κ1) is 61.7. The molecule has 2 aromatic rings. The molecule has 0 amide bonds. The number of hydrogen-bond acceptors (Lipinski definition) is 16. The number of unbranched alkanes of at least 4 members (excludes halogenated alkanes) is 7. The zero-order chi connectivity index (χ0) is 55.3. The molecule has 2 saturated heterocycles. The number of esters is 5. The van der Waals surface area contributed by atoms with Crippen molar-refractivity contribution in [2.24, 2.45) is 5.92 Å². The second kappa shape index (κ2) is 25.8. The van der Waals surface area contributed by atoms with Crippen molar-refractivity contribution in [1.82, 2.24) is 0 Å². The Morgan fingerprint density at radius 3 is 1.77 bits per heavy atom. The average Bonchev–Trinajstić information content (AvgIpc) is 3.52. The summed E-state index contributed by atoms with van der Waals surface area (Å²) < 4.78 is 61.9. The first-order valence-corrected chi connectivity index (χ1v) is 26.2. The number of fused-ring (bicyclic) bond motifs is 2. The van der Waals surface area contributed by atoms with Gasteiger partial charge in [0, 0.05) is 32.8 Å². The van der Waals surface area contributed by atoms with Crippen LogP contribution in [0.3, 0.4) is 0 Å². The molecule has 74 heavy (non-hydrogen) atoms. The van der Waals surface area contributed by atoms with E-state index in [4.69, 9.17) is 47.4 Å². The first-order chi connectivity index (χ1) is 34.4. The predicted octanol–water partition coefficient (Wildman–Crippen LogP) is 10.0. The van der Waals surface area contributed by atoms with Gasteiger partial charge < -0.3 is 52.5 Å². The first-order valence-electron chi connectivity index (χ1n) is 26.2. The van der Waals surface area contributed by atoms with Gasteiger partial charge in [-0.15, -0.1) is 0 Å². The Morgan fingerprint density at radius 2 is 1.23 bits per heavy atom. The Bertz CT molecular complexity index is 2170. The largest absolute Gasteiger partial charge is 0.494 e. The molecule has 0 saturated carbocycles. The van der Waals surface area contributed by atoms with Gasteiger partial charge in [0.05, 0.1) is 6.61 Å². The summed E-state index contributed by atoms with van der Waals surface area (Å²) in [6, 6.07) is 19.3. The minimum Gasteiger partial charge on any atom is -0.494 e. The van der Waals surface area contributed by atoms with Gasteiger partial charge in [-0.25, -0.2) is 14.4 Å². The van der Waals surface area contributed by atoms with Gasteiger partial charge in [-0.2, -0.15) is 0 Å². The van der Waals surface area contributed by atoms with Crippen LogP contribution in [0.4, 0.5) is 0 Å². The molecule has 2 aliphatic rings. The van der Waals surface area contributed by atoms with Crippen molar-refractivity contribution in [3.63, 3.8) is 0 Å². The highest BCUT2D eigenvalue weighted by Gasteiger charge is 2.87. The van der Waals surface area contributed by atoms with Crippen molar-refractivity contribution in [1.29, 1.82) is 0 Å². The molecule has 8 atom stereocenters. The number of ether oxygens (including phenoxy) is 10. The van der Waals surface area contributed by atoms with E-state index in [0.717, 1.165) is 49.8 Å². The maximum absolute atomic E-state index is 15.5. The van der Waals surface area contributed by atoms with Crippen LogP contribution in [-0.4, -0.2) is 113 Å². The zero-order valence-electron chi connectivity index (χ0n) is 46.6. The molecule has 414 valence electrons. The Hall–Kier alpha value is -4.87. The van der Waals surface area contributed by atoms with E-state index < -0.39 is 93.8 Å². The molecule has 16 heteroatoms. The molecular formula is C58H86O16. The number of benzene rings is 2. The van der Waals surface area contributed by atoms with Gasteiger partial charge in [-0.1, -0.05) is 101 Å². The lowest BCUT2D eigenvalue weighted by molar-refractivity contribution is -0.387. The Morgan fingerprint density at radius 1 is 0.703 bits per heavy atom. The van der Waals surface area contributed by atoms with Crippen LogP contribution < -0.4 is 4.74 Å². The topological polar surface area (TPSA) is 198 Å². The van der Waals surface area contributed by atoms with Crippen LogP contribution in [0.5, 0.6) is 5.75 Å². The van der Waals surface area contributed by atoms with E-state index in [1.54, 1.807) is 55.4 Å². The fourth-order valence-electron chi connectivity index (χ4n) is 9.15. The Labute approximate surface area is 439 Å². The van der Waals surface area contributed by atoms with Crippen molar-refractivity contribution < 1.29 is 76.4 Å². The fraction of sp³-hybridized carbons (Fsp3) is 0.672. The van der Waals surface area contributed by atoms with Gasteiger partial charge in [0.2, 0.25) is 17.5 Å². The Kier molecular flexibility index (Phi) is 21.5. The van der Waals surface area contributed by atoms with Crippen LogP contribution in [0.15, 0.2) is 72.8 Å². The normalized spacial score (nSPS) is 23.7. The van der Waals surface area contributed by atoms with Crippen molar-refractivity contribution in [2.75, 3.05) is 13.7 Å². The molecule has 2 aromatic carbocycles. The second-order valence-corrected chi connectivity index (χ2v) is 23.1. The van der Waals surface area contributed by atoms with Gasteiger partial charge in [-0.05, 0) is 125 Å². The lowest BCUT2D eigenvalue weighted by Crippen LogP contribution is -2.79. The highest BCUT2D eigenvalue weighted by Crippen LogP contribution is 2.59. The number of carbonyl (C=O) groups is 5. The number of aliphatic hydroxyl groups is 1. The second-order valence-electron chi connectivity index (χ2n) is 23.1. The molecule has 2 aliphatic heterocycles. The maximum atomic E-state index is 15.5. The number of para-hydroxylation sites is 1. The summed E-state index contributed by atoms with van der Waals surface area (Å²) >= 11 is 0. The van der Waals surface area contributed by atoms with E-state index >= 15 is 9.59 Å². The van der Waals surface area contributed by atoms with Gasteiger partial charge in [-0.3, -0.25) is 9.59 Å². The summed E-state index contributed by atoms with van der Waals surface area (Å²) in [5, 5.41) is 13.5. The highest BCUT2D eigenvalue weighted by molar-refractivity contribution is 6.00. The molecule has 0 spiro atoms. The summed E-state index contributed by atoms with van der Waals surface area (Å²) in [6.45, 7) is 25.3. The molecule has 0 aliphatic carbocycles. The minimum absolute atomic E-state index is 0.0945. The van der Waals surface area contributed by atoms with Crippen LogP contribution in [0.1, 0.15) is 166 Å². The van der Waals surface area contributed by atoms with E-state index in [2.05, 4.69) is 6.58 Å². The molecule has 16 nitrogen and oxygen atoms in total. The summed E-state index contributed by atoms with van der Waals surface area (Å²) in [6.07, 6.45) is -0.390. The number of hydrogen-bond donors (Lipinski definition) is 1. The molecule has 2 unspecified atom stereocenters. The SMILES string of the molecule is C=C(CC[C@@]12O[C@H](C(=O)OC(C)(C)C)[C@@](O)(C(=O)OC(C)(C)C)[C@@](C(=O)OC(C)(C)C)(O1)[C@H](OC(=O)CCCCCCCCCCOc1ccccc1)[C@H]2OC(C)(C)OC)C(OC(C)=O)C(C)Cc1ccccc1. The fourth-order valence-corrected chi connectivity index (χ4v) is 9.15. The molecule has 0 aromatic heterocycles. The van der Waals surface area contributed by atoms with E-state index in [1.807, 2.05) is 67.6 Å². The minimum atomic E-state index is -3.50. The maximum Gasteiger partial charge on any atom is 0.347 e. The zero-order valence-corrected chi connectivity index (χ0v) is 46.6. The van der Waals surface area contributed by atoms with E-state index in [9.17, 15) is 19.5 Å². The van der Waals surface area contributed by atoms with Crippen LogP contribution in [0, 0.1) is 5.92 Å². The molecule has 2 fully saturated rings. The van der Waals surface area contributed by atoms with Crippen molar-refractivity contribution >= 4 is 29.8 Å². The van der Waals surface area contributed by atoms with Crippen molar-refractivity contribution in [3.05, 3.63) is 78.4 Å². The molecule has 0 radical (unpaired) electrons. The lowest BCUT2D eigenvalue weighted by atomic mass is 9.74. The lowest BCUT2D eigenvalue weighted by Gasteiger charge is -2.51. The van der Waals surface area contributed by atoms with Crippen LogP contribution in [-0.2, 0) is 73.0 Å². The Balaban J connectivity index is 1.80. The smallest absolute Gasteiger partial charge is 0.347 e. The predicted molar refractivity (Wildman–Crippen MR) is 276 cm³/mol. The molecule has 1 N–H and O–H groups in total. The highest BCUT2D eigenvalue weighted by atomic mass is 16.8. The molecule has 2 heterocycles. The summed E-state index contributed by atoms with van der Waals surface area (Å²) in [7, 11) is 1.36. The monoisotopic (exact) mass is 1040 g/mol. The van der Waals surface area contributed by atoms with Crippen LogP contribution in [0.2, 0.25) is 0 Å². The van der Waals surface area contributed by atoms with E-state index in [1.165, 1.54) is 34.8 Å². The third-order valence-electron chi connectivity index (χ3n) is 12.6. The number of rotatable bonds is 27. The quantitative estimate of drug-likeness (QED) is 0.0291. The number of carbonyl (C=O) groups excluding carboxylic acids is 5. The summed E-state index contributed by atoms with van der Waals surface area (Å²) in [5.74, 6) is -9.02. The average molecular weight is 1040 g/mol. The van der Waals surface area contributed by atoms with Crippen LogP contribution in [0.25, 0.3) is 0 Å². The number of methoxy groups -OCH3 is 1. The summed E-state index contributed by atoms with van der Waals surface area (Å²) in [4.78, 5) is 72.5. The van der Waals surface area contributed by atoms with Crippen LogP contribution >= 0.6 is 0 Å². The molecular weight excluding hydrogens is 953 g/mol.